The van der Waals surface area contributed by atoms with Gasteiger partial charge >= 0.3 is 5.97 Å². The molecule has 0 amide bonds. The van der Waals surface area contributed by atoms with Gasteiger partial charge in [0.1, 0.15) is 17.9 Å². The van der Waals surface area contributed by atoms with E-state index < -0.39 is 11.5 Å². The number of ether oxygens (including phenoxy) is 1. The highest BCUT2D eigenvalue weighted by Gasteiger charge is 2.10. The second-order valence-corrected chi connectivity index (χ2v) is 3.98. The average molecular weight is 275 g/mol. The van der Waals surface area contributed by atoms with E-state index >= 15 is 0 Å². The minimum atomic E-state index is -1.28. The third-order valence-corrected chi connectivity index (χ3v) is 2.67. The van der Waals surface area contributed by atoms with E-state index in [9.17, 15) is 9.59 Å². The van der Waals surface area contributed by atoms with E-state index in [-0.39, 0.29) is 12.2 Å². The standard InChI is InChI=1S/C14H13NO5/c1-19-11-6-4-10(5-7-11)9-20-15-8-2-3-12(13(15)16)14(17)18/h2-8H,9H2,1H3,(H,17,18). The highest BCUT2D eigenvalue weighted by Crippen LogP contribution is 2.11. The van der Waals surface area contributed by atoms with Crippen LogP contribution in [0.25, 0.3) is 0 Å². The molecule has 1 aromatic carbocycles. The Kier molecular flexibility index (Phi) is 4.05. The van der Waals surface area contributed by atoms with E-state index in [1.807, 2.05) is 0 Å². The molecule has 1 N–H and O–H groups in total. The lowest BCUT2D eigenvalue weighted by molar-refractivity contribution is 0.0668. The van der Waals surface area contributed by atoms with Gasteiger partial charge in [0.15, 0.2) is 0 Å². The second-order valence-electron chi connectivity index (χ2n) is 3.98. The Morgan fingerprint density at radius 3 is 2.55 bits per heavy atom. The lowest BCUT2D eigenvalue weighted by Crippen LogP contribution is -2.30. The molecule has 0 saturated carbocycles. The fourth-order valence-corrected chi connectivity index (χ4v) is 1.61. The van der Waals surface area contributed by atoms with Gasteiger partial charge in [-0.2, -0.15) is 4.73 Å². The number of aromatic carboxylic acids is 1. The smallest absolute Gasteiger partial charge is 0.341 e. The number of pyridine rings is 1. The number of benzene rings is 1. The van der Waals surface area contributed by atoms with E-state index in [4.69, 9.17) is 14.7 Å². The first-order valence-corrected chi connectivity index (χ1v) is 5.83. The van der Waals surface area contributed by atoms with Crippen LogP contribution in [-0.2, 0) is 6.61 Å². The van der Waals surface area contributed by atoms with Gasteiger partial charge in [-0.1, -0.05) is 12.1 Å². The largest absolute Gasteiger partial charge is 0.497 e. The molecule has 1 aromatic heterocycles. The molecule has 2 rings (SSSR count). The molecule has 0 unspecified atom stereocenters. The van der Waals surface area contributed by atoms with Gasteiger partial charge in [-0.3, -0.25) is 4.79 Å². The summed E-state index contributed by atoms with van der Waals surface area (Å²) in [6.45, 7) is 0.146. The molecule has 1 heterocycles. The Balaban J connectivity index is 2.12. The summed E-state index contributed by atoms with van der Waals surface area (Å²) in [5.41, 5.74) is -0.200. The summed E-state index contributed by atoms with van der Waals surface area (Å²) >= 11 is 0. The van der Waals surface area contributed by atoms with Crippen molar-refractivity contribution in [3.05, 3.63) is 64.1 Å². The van der Waals surface area contributed by atoms with Crippen LogP contribution in [0.15, 0.2) is 47.4 Å². The molecule has 0 aliphatic heterocycles. The first kappa shape index (κ1) is 13.7. The number of nitrogens with zero attached hydrogens (tertiary/aromatic N) is 1. The molecule has 20 heavy (non-hydrogen) atoms. The van der Waals surface area contributed by atoms with Crippen molar-refractivity contribution in [3.8, 4) is 5.75 Å². The molecule has 6 nitrogen and oxygen atoms in total. The summed E-state index contributed by atoms with van der Waals surface area (Å²) in [7, 11) is 1.57. The fraction of sp³-hybridized carbons (Fsp3) is 0.143. The van der Waals surface area contributed by atoms with Crippen LogP contribution in [0.3, 0.4) is 0 Å². The highest BCUT2D eigenvalue weighted by molar-refractivity contribution is 5.86. The van der Waals surface area contributed by atoms with Crippen LogP contribution < -0.4 is 15.1 Å². The summed E-state index contributed by atoms with van der Waals surface area (Å²) in [6.07, 6.45) is 1.37. The minimum Gasteiger partial charge on any atom is -0.497 e. The molecule has 0 saturated heterocycles. The zero-order chi connectivity index (χ0) is 14.5. The van der Waals surface area contributed by atoms with Crippen molar-refractivity contribution >= 4 is 5.97 Å². The molecule has 0 aliphatic rings. The number of methoxy groups -OCH3 is 1. The van der Waals surface area contributed by atoms with Crippen molar-refractivity contribution in [1.82, 2.24) is 4.73 Å². The summed E-state index contributed by atoms with van der Waals surface area (Å²) in [5.74, 6) is -0.559. The number of hydrogen-bond acceptors (Lipinski definition) is 4. The van der Waals surface area contributed by atoms with Crippen LogP contribution in [-0.4, -0.2) is 22.9 Å². The second kappa shape index (κ2) is 5.92. The van der Waals surface area contributed by atoms with Gasteiger partial charge < -0.3 is 14.7 Å². The molecule has 6 heteroatoms. The van der Waals surface area contributed by atoms with Crippen molar-refractivity contribution < 1.29 is 19.5 Å². The van der Waals surface area contributed by atoms with E-state index in [0.717, 1.165) is 16.0 Å². The number of aromatic nitrogens is 1. The number of carboxylic acids is 1. The van der Waals surface area contributed by atoms with Crippen LogP contribution in [0.1, 0.15) is 15.9 Å². The SMILES string of the molecule is COc1ccc(COn2cccc(C(=O)O)c2=O)cc1. The molecule has 2 aromatic rings. The lowest BCUT2D eigenvalue weighted by Gasteiger charge is -2.09. The molecule has 0 fully saturated rings. The van der Waals surface area contributed by atoms with E-state index in [2.05, 4.69) is 0 Å². The molecule has 0 bridgehead atoms. The monoisotopic (exact) mass is 275 g/mol. The lowest BCUT2D eigenvalue weighted by atomic mass is 10.2. The highest BCUT2D eigenvalue weighted by atomic mass is 16.7. The van der Waals surface area contributed by atoms with Gasteiger partial charge in [0, 0.05) is 6.20 Å². The van der Waals surface area contributed by atoms with Gasteiger partial charge in [-0.05, 0) is 29.8 Å². The number of hydrogen-bond donors (Lipinski definition) is 1. The number of carboxylic acid groups (broad SMARTS) is 1. The molecular weight excluding hydrogens is 262 g/mol. The molecule has 0 spiro atoms. The molecular formula is C14H13NO5. The Bertz CT molecular complexity index is 660. The number of carbonyl (C=O) groups is 1. The van der Waals surface area contributed by atoms with E-state index in [1.165, 1.54) is 18.3 Å². The first-order valence-electron chi connectivity index (χ1n) is 5.83. The zero-order valence-corrected chi connectivity index (χ0v) is 10.8. The molecule has 0 atom stereocenters. The maximum absolute atomic E-state index is 11.8. The third kappa shape index (κ3) is 2.97. The van der Waals surface area contributed by atoms with Crippen LogP contribution in [0.4, 0.5) is 0 Å². The Morgan fingerprint density at radius 2 is 1.95 bits per heavy atom. The normalized spacial score (nSPS) is 10.1. The van der Waals surface area contributed by atoms with E-state index in [0.29, 0.717) is 0 Å². The average Bonchev–Trinajstić information content (AvgIpc) is 2.46. The summed E-state index contributed by atoms with van der Waals surface area (Å²) in [6, 6.07) is 9.82. The maximum Gasteiger partial charge on any atom is 0.341 e. The van der Waals surface area contributed by atoms with Crippen LogP contribution >= 0.6 is 0 Å². The topological polar surface area (TPSA) is 77.8 Å². The van der Waals surface area contributed by atoms with Gasteiger partial charge in [-0.25, -0.2) is 4.79 Å². The summed E-state index contributed by atoms with van der Waals surface area (Å²) < 4.78 is 5.94. The van der Waals surface area contributed by atoms with Crippen LogP contribution in [0.5, 0.6) is 5.75 Å². The van der Waals surface area contributed by atoms with Crippen molar-refractivity contribution in [1.29, 1.82) is 0 Å². The van der Waals surface area contributed by atoms with Gasteiger partial charge in [0.05, 0.1) is 7.11 Å². The van der Waals surface area contributed by atoms with Gasteiger partial charge in [0.25, 0.3) is 5.56 Å². The van der Waals surface area contributed by atoms with Crippen LogP contribution in [0, 0.1) is 0 Å². The first-order chi connectivity index (χ1) is 9.61. The van der Waals surface area contributed by atoms with E-state index in [1.54, 1.807) is 31.4 Å². The quantitative estimate of drug-likeness (QED) is 0.886. The minimum absolute atomic E-state index is 0.146. The van der Waals surface area contributed by atoms with Crippen molar-refractivity contribution in [2.24, 2.45) is 0 Å². The molecule has 0 radical (unpaired) electrons. The summed E-state index contributed by atoms with van der Waals surface area (Å²) in [4.78, 5) is 27.9. The Hall–Kier alpha value is -2.76. The Labute approximate surface area is 114 Å². The maximum atomic E-state index is 11.8. The summed E-state index contributed by atoms with van der Waals surface area (Å²) in [5, 5.41) is 8.85. The van der Waals surface area contributed by atoms with Crippen molar-refractivity contribution in [3.63, 3.8) is 0 Å². The van der Waals surface area contributed by atoms with Crippen molar-refractivity contribution in [2.75, 3.05) is 7.11 Å². The third-order valence-electron chi connectivity index (χ3n) is 2.67. The van der Waals surface area contributed by atoms with Crippen molar-refractivity contribution in [2.45, 2.75) is 6.61 Å². The predicted molar refractivity (Wildman–Crippen MR) is 70.9 cm³/mol. The van der Waals surface area contributed by atoms with Crippen LogP contribution in [0.2, 0.25) is 0 Å². The van der Waals surface area contributed by atoms with Gasteiger partial charge in [0.2, 0.25) is 0 Å². The molecule has 0 aliphatic carbocycles. The van der Waals surface area contributed by atoms with Gasteiger partial charge in [-0.15, -0.1) is 0 Å². The number of rotatable bonds is 5. The Morgan fingerprint density at radius 1 is 1.25 bits per heavy atom. The fourth-order valence-electron chi connectivity index (χ4n) is 1.61. The molecule has 104 valence electrons. The zero-order valence-electron chi connectivity index (χ0n) is 10.8. The predicted octanol–water partition coefficient (Wildman–Crippen LogP) is 1.18.